The molecule has 0 amide bonds. The quantitative estimate of drug-likeness (QED) is 0.731. The molecule has 0 aliphatic heterocycles. The van der Waals surface area contributed by atoms with Crippen molar-refractivity contribution < 1.29 is 4.74 Å². The molecule has 0 bridgehead atoms. The van der Waals surface area contributed by atoms with Crippen LogP contribution < -0.4 is 4.74 Å². The third kappa shape index (κ3) is 4.23. The average molecular weight is 291 g/mol. The van der Waals surface area contributed by atoms with E-state index in [4.69, 9.17) is 10.00 Å². The lowest BCUT2D eigenvalue weighted by Crippen LogP contribution is -2.01. The standard InChI is InChI=1S/C20H21NO/c1-15-7-9-18(10-8-15)11-12-22-20-6-4-5-19(13-20)17(3)16(2)14-21/h4-10,13H,11-12H2,1-3H3/b17-16-. The largest absolute Gasteiger partial charge is 0.493 e. The fourth-order valence-electron chi connectivity index (χ4n) is 2.16. The zero-order valence-electron chi connectivity index (χ0n) is 13.4. The molecule has 0 spiro atoms. The van der Waals surface area contributed by atoms with E-state index < -0.39 is 0 Å². The lowest BCUT2D eigenvalue weighted by atomic mass is 10.0. The molecule has 0 unspecified atom stereocenters. The third-order valence-corrected chi connectivity index (χ3v) is 3.78. The highest BCUT2D eigenvalue weighted by molar-refractivity contribution is 5.70. The molecule has 0 saturated carbocycles. The van der Waals surface area contributed by atoms with Crippen molar-refractivity contribution in [3.63, 3.8) is 0 Å². The maximum absolute atomic E-state index is 8.98. The summed E-state index contributed by atoms with van der Waals surface area (Å²) < 4.78 is 5.84. The SMILES string of the molecule is C/C(C#N)=C(\C)c1cccc(OCCc2ccc(C)cc2)c1. The molecule has 112 valence electrons. The van der Waals surface area contributed by atoms with Crippen LogP contribution in [0.25, 0.3) is 5.57 Å². The van der Waals surface area contributed by atoms with Crippen LogP contribution in [0, 0.1) is 18.3 Å². The Bertz CT molecular complexity index is 705. The first-order valence-corrected chi connectivity index (χ1v) is 7.46. The molecule has 0 atom stereocenters. The monoisotopic (exact) mass is 291 g/mol. The van der Waals surface area contributed by atoms with Gasteiger partial charge in [-0.2, -0.15) is 5.26 Å². The van der Waals surface area contributed by atoms with Crippen LogP contribution in [0.4, 0.5) is 0 Å². The van der Waals surface area contributed by atoms with Gasteiger partial charge in [0.15, 0.2) is 0 Å². The minimum Gasteiger partial charge on any atom is -0.493 e. The van der Waals surface area contributed by atoms with Gasteiger partial charge in [-0.05, 0) is 49.6 Å². The van der Waals surface area contributed by atoms with Crippen LogP contribution in [0.5, 0.6) is 5.75 Å². The van der Waals surface area contributed by atoms with Crippen LogP contribution in [0.1, 0.15) is 30.5 Å². The molecule has 0 radical (unpaired) electrons. The Labute approximate surface area is 132 Å². The van der Waals surface area contributed by atoms with Gasteiger partial charge < -0.3 is 4.74 Å². The van der Waals surface area contributed by atoms with Gasteiger partial charge in [0.25, 0.3) is 0 Å². The van der Waals surface area contributed by atoms with Gasteiger partial charge in [-0.3, -0.25) is 0 Å². The number of hydrogen-bond acceptors (Lipinski definition) is 2. The fraction of sp³-hybridized carbons (Fsp3) is 0.250. The van der Waals surface area contributed by atoms with Gasteiger partial charge in [-0.25, -0.2) is 0 Å². The van der Waals surface area contributed by atoms with E-state index in [-0.39, 0.29) is 0 Å². The molecule has 0 aromatic heterocycles. The number of ether oxygens (including phenoxy) is 1. The van der Waals surface area contributed by atoms with Crippen LogP contribution in [0.2, 0.25) is 0 Å². The minimum atomic E-state index is 0.645. The second kappa shape index (κ2) is 7.47. The number of hydrogen-bond donors (Lipinski definition) is 0. The molecule has 0 heterocycles. The van der Waals surface area contributed by atoms with Crippen molar-refractivity contribution in [1.29, 1.82) is 5.26 Å². The average Bonchev–Trinajstić information content (AvgIpc) is 2.55. The molecule has 0 aliphatic rings. The Morgan fingerprint density at radius 1 is 1.09 bits per heavy atom. The van der Waals surface area contributed by atoms with Crippen molar-refractivity contribution in [2.75, 3.05) is 6.61 Å². The molecular formula is C20H21NO. The van der Waals surface area contributed by atoms with Crippen molar-refractivity contribution >= 4 is 5.57 Å². The van der Waals surface area contributed by atoms with Gasteiger partial charge in [0.1, 0.15) is 5.75 Å². The molecular weight excluding hydrogens is 270 g/mol. The van der Waals surface area contributed by atoms with Crippen LogP contribution in [-0.4, -0.2) is 6.61 Å². The number of nitrogens with zero attached hydrogens (tertiary/aromatic N) is 1. The Morgan fingerprint density at radius 3 is 2.50 bits per heavy atom. The number of allylic oxidation sites excluding steroid dienone is 2. The van der Waals surface area contributed by atoms with Gasteiger partial charge >= 0.3 is 0 Å². The van der Waals surface area contributed by atoms with E-state index in [2.05, 4.69) is 37.3 Å². The van der Waals surface area contributed by atoms with Crippen LogP contribution in [0.3, 0.4) is 0 Å². The highest BCUT2D eigenvalue weighted by Gasteiger charge is 2.02. The van der Waals surface area contributed by atoms with E-state index in [0.29, 0.717) is 6.61 Å². The van der Waals surface area contributed by atoms with Crippen LogP contribution in [0.15, 0.2) is 54.1 Å². The summed E-state index contributed by atoms with van der Waals surface area (Å²) in [4.78, 5) is 0. The van der Waals surface area contributed by atoms with Gasteiger partial charge in [0.2, 0.25) is 0 Å². The first-order valence-electron chi connectivity index (χ1n) is 7.46. The molecule has 2 rings (SSSR count). The minimum absolute atomic E-state index is 0.645. The zero-order valence-corrected chi connectivity index (χ0v) is 13.4. The highest BCUT2D eigenvalue weighted by atomic mass is 16.5. The lowest BCUT2D eigenvalue weighted by molar-refractivity contribution is 0.322. The Hall–Kier alpha value is -2.53. The first-order chi connectivity index (χ1) is 10.6. The number of benzene rings is 2. The summed E-state index contributed by atoms with van der Waals surface area (Å²) in [6.07, 6.45) is 0.885. The Morgan fingerprint density at radius 2 is 1.82 bits per heavy atom. The summed E-state index contributed by atoms with van der Waals surface area (Å²) in [6, 6.07) is 18.6. The number of aryl methyl sites for hydroxylation is 1. The molecule has 0 aliphatic carbocycles. The highest BCUT2D eigenvalue weighted by Crippen LogP contribution is 2.22. The van der Waals surface area contributed by atoms with E-state index in [0.717, 1.165) is 28.9 Å². The number of rotatable bonds is 5. The van der Waals surface area contributed by atoms with E-state index in [1.807, 2.05) is 38.1 Å². The van der Waals surface area contributed by atoms with Gasteiger partial charge in [-0.1, -0.05) is 42.0 Å². The lowest BCUT2D eigenvalue weighted by Gasteiger charge is -2.09. The molecule has 0 saturated heterocycles. The van der Waals surface area contributed by atoms with Crippen molar-refractivity contribution in [1.82, 2.24) is 0 Å². The van der Waals surface area contributed by atoms with E-state index in [9.17, 15) is 0 Å². The molecule has 22 heavy (non-hydrogen) atoms. The summed E-state index contributed by atoms with van der Waals surface area (Å²) in [5.41, 5.74) is 5.31. The zero-order chi connectivity index (χ0) is 15.9. The predicted molar refractivity (Wildman–Crippen MR) is 90.7 cm³/mol. The summed E-state index contributed by atoms with van der Waals surface area (Å²) in [7, 11) is 0. The number of nitriles is 1. The topological polar surface area (TPSA) is 33.0 Å². The second-order valence-electron chi connectivity index (χ2n) is 5.47. The normalized spacial score (nSPS) is 11.5. The molecule has 2 heteroatoms. The smallest absolute Gasteiger partial charge is 0.119 e. The maximum atomic E-state index is 8.98. The van der Waals surface area contributed by atoms with E-state index in [1.54, 1.807) is 0 Å². The first kappa shape index (κ1) is 15.9. The molecule has 0 N–H and O–H groups in total. The predicted octanol–water partition coefficient (Wildman–Crippen LogP) is 4.93. The van der Waals surface area contributed by atoms with Gasteiger partial charge in [-0.15, -0.1) is 0 Å². The van der Waals surface area contributed by atoms with Gasteiger partial charge in [0, 0.05) is 12.0 Å². The molecule has 2 nitrogen and oxygen atoms in total. The third-order valence-electron chi connectivity index (χ3n) is 3.78. The summed E-state index contributed by atoms with van der Waals surface area (Å²) in [5.74, 6) is 0.842. The molecule has 2 aromatic carbocycles. The fourth-order valence-corrected chi connectivity index (χ4v) is 2.16. The Kier molecular flexibility index (Phi) is 5.38. The summed E-state index contributed by atoms with van der Waals surface area (Å²) in [6.45, 7) is 6.53. The van der Waals surface area contributed by atoms with Gasteiger partial charge in [0.05, 0.1) is 12.7 Å². The van der Waals surface area contributed by atoms with Crippen molar-refractivity contribution in [2.45, 2.75) is 27.2 Å². The van der Waals surface area contributed by atoms with Crippen LogP contribution >= 0.6 is 0 Å². The molecule has 0 fully saturated rings. The summed E-state index contributed by atoms with van der Waals surface area (Å²) >= 11 is 0. The van der Waals surface area contributed by atoms with E-state index >= 15 is 0 Å². The van der Waals surface area contributed by atoms with Crippen molar-refractivity contribution in [2.24, 2.45) is 0 Å². The summed E-state index contributed by atoms with van der Waals surface area (Å²) in [5, 5.41) is 8.98. The van der Waals surface area contributed by atoms with E-state index in [1.165, 1.54) is 11.1 Å². The molecule has 2 aromatic rings. The Balaban J connectivity index is 1.99. The second-order valence-corrected chi connectivity index (χ2v) is 5.47. The van der Waals surface area contributed by atoms with Crippen LogP contribution in [-0.2, 0) is 6.42 Å². The maximum Gasteiger partial charge on any atom is 0.119 e. The van der Waals surface area contributed by atoms with Crippen molar-refractivity contribution in [3.8, 4) is 11.8 Å². The van der Waals surface area contributed by atoms with Crippen molar-refractivity contribution in [3.05, 3.63) is 70.8 Å².